The van der Waals surface area contributed by atoms with Crippen LogP contribution in [0.4, 0.5) is 16.2 Å². The second-order valence-electron chi connectivity index (χ2n) is 9.05. The number of hydrogen-bond donors (Lipinski definition) is 4. The first-order valence-electron chi connectivity index (χ1n) is 12.7. The van der Waals surface area contributed by atoms with Crippen LogP contribution in [0.5, 0.6) is 0 Å². The first kappa shape index (κ1) is 30.6. The Labute approximate surface area is 242 Å². The average Bonchev–Trinajstić information content (AvgIpc) is 2.96. The van der Waals surface area contributed by atoms with E-state index in [-0.39, 0.29) is 17.4 Å². The Morgan fingerprint density at radius 3 is 2.10 bits per heavy atom. The Balaban J connectivity index is 0.000000248. The number of primary amides is 1. The number of nitrogens with one attached hydrogen (secondary N) is 2. The number of nitrogens with zero attached hydrogens (tertiary/aromatic N) is 3. The summed E-state index contributed by atoms with van der Waals surface area (Å²) in [6.07, 6.45) is 0. The van der Waals surface area contributed by atoms with Crippen molar-refractivity contribution in [1.29, 1.82) is 5.41 Å². The van der Waals surface area contributed by atoms with Gasteiger partial charge in [-0.2, -0.15) is 0 Å². The van der Waals surface area contributed by atoms with Crippen molar-refractivity contribution in [2.24, 2.45) is 5.73 Å². The summed E-state index contributed by atoms with van der Waals surface area (Å²) >= 11 is 5.83. The minimum absolute atomic E-state index is 0.133. The minimum Gasteiger partial charge on any atom is -0.480 e. The normalized spacial score (nSPS) is 12.4. The van der Waals surface area contributed by atoms with Gasteiger partial charge in [-0.05, 0) is 48.5 Å². The number of carboxylic acids is 1. The predicted molar refractivity (Wildman–Crippen MR) is 158 cm³/mol. The molecule has 41 heavy (non-hydrogen) atoms. The molecule has 0 atom stereocenters. The third-order valence-corrected chi connectivity index (χ3v) is 6.34. The molecule has 0 aromatic heterocycles. The van der Waals surface area contributed by atoms with Gasteiger partial charge in [-0.1, -0.05) is 41.9 Å². The van der Waals surface area contributed by atoms with Gasteiger partial charge >= 0.3 is 12.0 Å². The topological polar surface area (TPSA) is 160 Å². The van der Waals surface area contributed by atoms with E-state index >= 15 is 0 Å². The van der Waals surface area contributed by atoms with Crippen LogP contribution >= 0.6 is 11.6 Å². The number of amides is 4. The lowest BCUT2D eigenvalue weighted by Gasteiger charge is -2.35. The second-order valence-corrected chi connectivity index (χ2v) is 9.48. The monoisotopic (exact) mass is 578 g/mol. The molecule has 4 rings (SSSR count). The smallest absolute Gasteiger partial charge is 0.323 e. The Hall–Kier alpha value is -4.90. The van der Waals surface area contributed by atoms with E-state index in [0.29, 0.717) is 24.3 Å². The summed E-state index contributed by atoms with van der Waals surface area (Å²) in [5.41, 5.74) is 7.38. The number of anilines is 2. The van der Waals surface area contributed by atoms with E-state index in [1.165, 1.54) is 19.1 Å². The van der Waals surface area contributed by atoms with Gasteiger partial charge in [0.2, 0.25) is 5.91 Å². The summed E-state index contributed by atoms with van der Waals surface area (Å²) in [6, 6.07) is 22.0. The van der Waals surface area contributed by atoms with Gasteiger partial charge in [-0.15, -0.1) is 0 Å². The first-order chi connectivity index (χ1) is 19.5. The summed E-state index contributed by atoms with van der Waals surface area (Å²) in [6.45, 7) is 3.77. The molecule has 0 saturated carbocycles. The van der Waals surface area contributed by atoms with E-state index in [4.69, 9.17) is 27.9 Å². The zero-order valence-corrected chi connectivity index (χ0v) is 23.2. The molecule has 11 nitrogen and oxygen atoms in total. The maximum atomic E-state index is 12.8. The fraction of sp³-hybridized carbons (Fsp3) is 0.207. The number of aliphatic carboxylic acids is 1. The maximum Gasteiger partial charge on any atom is 0.323 e. The molecule has 1 aliphatic rings. The number of benzene rings is 3. The number of piperazine rings is 1. The Morgan fingerprint density at radius 2 is 1.54 bits per heavy atom. The van der Waals surface area contributed by atoms with Crippen LogP contribution in [0, 0.1) is 5.41 Å². The molecule has 12 heteroatoms. The lowest BCUT2D eigenvalue weighted by Crippen LogP contribution is -2.50. The second kappa shape index (κ2) is 14.5. The van der Waals surface area contributed by atoms with Gasteiger partial charge in [0.1, 0.15) is 12.4 Å². The Kier molecular flexibility index (Phi) is 10.8. The number of carbonyl (C=O) groups excluding carboxylic acids is 3. The number of rotatable bonds is 6. The van der Waals surface area contributed by atoms with Crippen LogP contribution in [0.3, 0.4) is 0 Å². The molecular weight excluding hydrogens is 548 g/mol. The number of halogens is 1. The van der Waals surface area contributed by atoms with Gasteiger partial charge in [0, 0.05) is 60.6 Å². The van der Waals surface area contributed by atoms with E-state index in [2.05, 4.69) is 10.2 Å². The number of para-hydroxylation sites is 1. The quantitative estimate of drug-likeness (QED) is 0.259. The van der Waals surface area contributed by atoms with Gasteiger partial charge in [0.15, 0.2) is 0 Å². The average molecular weight is 579 g/mol. The van der Waals surface area contributed by atoms with Crippen LogP contribution in [-0.2, 0) is 9.59 Å². The van der Waals surface area contributed by atoms with Crippen LogP contribution in [0.25, 0.3) is 0 Å². The summed E-state index contributed by atoms with van der Waals surface area (Å²) in [5, 5.41) is 20.0. The van der Waals surface area contributed by atoms with E-state index in [1.807, 2.05) is 24.3 Å². The molecule has 0 bridgehead atoms. The number of amidine groups is 1. The van der Waals surface area contributed by atoms with Crippen LogP contribution in [0.1, 0.15) is 22.8 Å². The number of carboxylic acid groups (broad SMARTS) is 1. The molecular formula is C29H31ClN6O5. The fourth-order valence-electron chi connectivity index (χ4n) is 4.07. The molecule has 0 spiro atoms. The van der Waals surface area contributed by atoms with Crippen molar-refractivity contribution >= 4 is 52.6 Å². The Morgan fingerprint density at radius 1 is 0.927 bits per heavy atom. The van der Waals surface area contributed by atoms with Gasteiger partial charge in [-0.3, -0.25) is 24.7 Å². The zero-order valence-electron chi connectivity index (χ0n) is 22.4. The van der Waals surface area contributed by atoms with E-state index in [1.54, 1.807) is 47.4 Å². The van der Waals surface area contributed by atoms with Crippen molar-refractivity contribution < 1.29 is 24.3 Å². The predicted octanol–water partition coefficient (Wildman–Crippen LogP) is 3.42. The lowest BCUT2D eigenvalue weighted by molar-refractivity contribution is -0.135. The highest BCUT2D eigenvalue weighted by Gasteiger charge is 2.21. The molecule has 3 aromatic rings. The maximum absolute atomic E-state index is 12.8. The van der Waals surface area contributed by atoms with Crippen LogP contribution in [0.2, 0.25) is 5.02 Å². The highest BCUT2D eigenvalue weighted by atomic mass is 35.5. The highest BCUT2D eigenvalue weighted by Crippen LogP contribution is 2.20. The third-order valence-electron chi connectivity index (χ3n) is 6.09. The van der Waals surface area contributed by atoms with Gasteiger partial charge < -0.3 is 26.0 Å². The summed E-state index contributed by atoms with van der Waals surface area (Å²) in [5.74, 6) is -2.17. The lowest BCUT2D eigenvalue weighted by atomic mass is 10.1. The standard InChI is InChI=1S/C18H17N3O4.C11H14ClN3O/c1-12(22)20-17(19)13-6-5-7-14(10-13)18(25)21(11-16(23)24)15-8-3-2-4-9-15;12-9-1-3-10(4-2-9)14-5-7-15(8-6-14)11(13)16/h2-10H,11H2,1H3,(H,23,24)(H2,19,20,22);1-4H,5-8H2,(H2,13,16). The fourth-order valence-corrected chi connectivity index (χ4v) is 4.20. The largest absolute Gasteiger partial charge is 0.480 e. The number of hydrogen-bond acceptors (Lipinski definition) is 6. The van der Waals surface area contributed by atoms with E-state index in [9.17, 15) is 19.2 Å². The molecule has 4 amide bonds. The molecule has 3 aromatic carbocycles. The van der Waals surface area contributed by atoms with Crippen molar-refractivity contribution in [3.8, 4) is 0 Å². The molecule has 214 valence electrons. The minimum atomic E-state index is -1.14. The number of urea groups is 1. The van der Waals surface area contributed by atoms with E-state index < -0.39 is 24.3 Å². The highest BCUT2D eigenvalue weighted by molar-refractivity contribution is 6.30. The van der Waals surface area contributed by atoms with Crippen LogP contribution < -0.4 is 20.9 Å². The van der Waals surface area contributed by atoms with Crippen LogP contribution in [0.15, 0.2) is 78.9 Å². The summed E-state index contributed by atoms with van der Waals surface area (Å²) < 4.78 is 0. The molecule has 1 aliphatic heterocycles. The van der Waals surface area contributed by atoms with Crippen molar-refractivity contribution in [3.05, 3.63) is 95.0 Å². The van der Waals surface area contributed by atoms with Crippen LogP contribution in [-0.4, -0.2) is 72.4 Å². The molecule has 1 heterocycles. The molecule has 0 radical (unpaired) electrons. The van der Waals surface area contributed by atoms with Gasteiger partial charge in [0.25, 0.3) is 5.91 Å². The van der Waals surface area contributed by atoms with Crippen molar-refractivity contribution in [2.75, 3.05) is 42.5 Å². The van der Waals surface area contributed by atoms with Gasteiger partial charge in [0.05, 0.1) is 0 Å². The van der Waals surface area contributed by atoms with Crippen molar-refractivity contribution in [1.82, 2.24) is 10.2 Å². The molecule has 5 N–H and O–H groups in total. The first-order valence-corrected chi connectivity index (χ1v) is 13.0. The summed E-state index contributed by atoms with van der Waals surface area (Å²) in [7, 11) is 0. The molecule has 1 saturated heterocycles. The Bertz CT molecular complexity index is 1390. The summed E-state index contributed by atoms with van der Waals surface area (Å²) in [4.78, 5) is 51.0. The SMILES string of the molecule is CC(=O)NC(=N)c1cccc(C(=O)N(CC(=O)O)c2ccccc2)c1.NC(=O)N1CCN(c2ccc(Cl)cc2)CC1. The third kappa shape index (κ3) is 9.07. The van der Waals surface area contributed by atoms with Gasteiger partial charge in [-0.25, -0.2) is 4.79 Å². The zero-order chi connectivity index (χ0) is 29.9. The molecule has 0 aliphatic carbocycles. The molecule has 1 fully saturated rings. The van der Waals surface area contributed by atoms with E-state index in [0.717, 1.165) is 28.7 Å². The van der Waals surface area contributed by atoms with Crippen molar-refractivity contribution in [2.45, 2.75) is 6.92 Å². The molecule has 0 unspecified atom stereocenters. The number of carbonyl (C=O) groups is 4. The van der Waals surface area contributed by atoms with Crippen molar-refractivity contribution in [3.63, 3.8) is 0 Å². The number of nitrogens with two attached hydrogens (primary N) is 1.